The van der Waals surface area contributed by atoms with Gasteiger partial charge in [-0.15, -0.1) is 0 Å². The summed E-state index contributed by atoms with van der Waals surface area (Å²) >= 11 is 0. The van der Waals surface area contributed by atoms with Crippen molar-refractivity contribution in [1.29, 1.82) is 0 Å². The molecule has 0 heterocycles. The smallest absolute Gasteiger partial charge is 0.329 e. The highest BCUT2D eigenvalue weighted by atomic mass is 16.5. The van der Waals surface area contributed by atoms with E-state index in [1.807, 2.05) is 0 Å². The van der Waals surface area contributed by atoms with E-state index in [9.17, 15) is 9.59 Å². The number of nitrogens with one attached hydrogen (secondary N) is 2. The average Bonchev–Trinajstić information content (AvgIpc) is 2.73. The maximum Gasteiger partial charge on any atom is 0.329 e. The molecule has 0 unspecified atom stereocenters. The zero-order chi connectivity index (χ0) is 20.9. The summed E-state index contributed by atoms with van der Waals surface area (Å²) in [5, 5.41) is 6.80. The minimum Gasteiger partial charge on any atom is -0.497 e. The van der Waals surface area contributed by atoms with Crippen molar-refractivity contribution in [3.8, 4) is 11.5 Å². The van der Waals surface area contributed by atoms with Gasteiger partial charge in [0.1, 0.15) is 11.5 Å². The number of carbonyl (C=O) groups excluding carboxylic acids is 2. The summed E-state index contributed by atoms with van der Waals surface area (Å²) in [6, 6.07) is 4.98. The summed E-state index contributed by atoms with van der Waals surface area (Å²) in [4.78, 5) is 24.5. The third-order valence-electron chi connectivity index (χ3n) is 5.11. The summed E-state index contributed by atoms with van der Waals surface area (Å²) in [7, 11) is 3.02. The number of nitrogens with zero attached hydrogens (tertiary/aromatic N) is 1. The summed E-state index contributed by atoms with van der Waals surface area (Å²) in [6.45, 7) is 0. The van der Waals surface area contributed by atoms with Gasteiger partial charge < -0.3 is 14.8 Å². The van der Waals surface area contributed by atoms with Gasteiger partial charge in [0, 0.05) is 11.8 Å². The zero-order valence-electron chi connectivity index (χ0n) is 17.6. The van der Waals surface area contributed by atoms with E-state index in [-0.39, 0.29) is 0 Å². The molecule has 0 aliphatic heterocycles. The van der Waals surface area contributed by atoms with Crippen LogP contribution in [0.2, 0.25) is 0 Å². The number of benzene rings is 1. The second-order valence-electron chi connectivity index (χ2n) is 7.32. The van der Waals surface area contributed by atoms with Crippen LogP contribution in [0, 0.1) is 0 Å². The van der Waals surface area contributed by atoms with Crippen LogP contribution in [0.25, 0.3) is 0 Å². The first-order valence-electron chi connectivity index (χ1n) is 10.5. The third kappa shape index (κ3) is 8.13. The van der Waals surface area contributed by atoms with Crippen molar-refractivity contribution in [2.45, 2.75) is 70.6 Å². The highest BCUT2D eigenvalue weighted by molar-refractivity contribution is 6.39. The molecule has 1 aromatic carbocycles. The Hall–Kier alpha value is -2.57. The fourth-order valence-corrected chi connectivity index (χ4v) is 3.40. The molecule has 0 spiro atoms. The van der Waals surface area contributed by atoms with Crippen LogP contribution in [0.5, 0.6) is 11.5 Å². The van der Waals surface area contributed by atoms with E-state index in [1.54, 1.807) is 18.2 Å². The van der Waals surface area contributed by atoms with Gasteiger partial charge in [-0.05, 0) is 37.8 Å². The van der Waals surface area contributed by atoms with Crippen molar-refractivity contribution in [3.63, 3.8) is 0 Å². The predicted molar refractivity (Wildman–Crippen MR) is 115 cm³/mol. The summed E-state index contributed by atoms with van der Waals surface area (Å²) in [5.74, 6) is -0.602. The molecule has 2 amide bonds. The number of carbonyl (C=O) groups is 2. The van der Waals surface area contributed by atoms with Crippen LogP contribution in [0.15, 0.2) is 23.3 Å². The highest BCUT2D eigenvalue weighted by Crippen LogP contribution is 2.28. The molecule has 1 aliphatic rings. The van der Waals surface area contributed by atoms with Crippen molar-refractivity contribution in [2.75, 3.05) is 19.5 Å². The quantitative estimate of drug-likeness (QED) is 0.575. The lowest BCUT2D eigenvalue weighted by Crippen LogP contribution is -2.33. The fourth-order valence-electron chi connectivity index (χ4n) is 3.40. The molecule has 0 radical (unpaired) electrons. The van der Waals surface area contributed by atoms with Crippen LogP contribution in [0.1, 0.15) is 70.6 Å². The number of rotatable bonds is 4. The summed E-state index contributed by atoms with van der Waals surface area (Å²) < 4.78 is 10.4. The van der Waals surface area contributed by atoms with Gasteiger partial charge in [-0.25, -0.2) is 5.43 Å². The molecule has 160 valence electrons. The lowest BCUT2D eigenvalue weighted by Gasteiger charge is -2.12. The van der Waals surface area contributed by atoms with Crippen LogP contribution in [-0.2, 0) is 9.59 Å². The molecule has 1 saturated carbocycles. The number of hydrogen-bond donors (Lipinski definition) is 2. The Balaban J connectivity index is 1.93. The van der Waals surface area contributed by atoms with Gasteiger partial charge in [0.15, 0.2) is 0 Å². The maximum absolute atomic E-state index is 12.3. The molecule has 1 aromatic rings. The molecule has 1 fully saturated rings. The van der Waals surface area contributed by atoms with Gasteiger partial charge in [-0.1, -0.05) is 44.9 Å². The third-order valence-corrected chi connectivity index (χ3v) is 5.11. The van der Waals surface area contributed by atoms with E-state index < -0.39 is 11.8 Å². The monoisotopic (exact) mass is 403 g/mol. The molecule has 2 N–H and O–H groups in total. The first-order chi connectivity index (χ1) is 14.1. The van der Waals surface area contributed by atoms with Crippen LogP contribution < -0.4 is 20.2 Å². The van der Waals surface area contributed by atoms with Gasteiger partial charge in [0.25, 0.3) is 0 Å². The molecule has 0 aromatic heterocycles. The van der Waals surface area contributed by atoms with Crippen molar-refractivity contribution in [3.05, 3.63) is 18.2 Å². The number of hydrogen-bond acceptors (Lipinski definition) is 5. The zero-order valence-corrected chi connectivity index (χ0v) is 17.6. The number of amides is 2. The lowest BCUT2D eigenvalue weighted by molar-refractivity contribution is -0.136. The van der Waals surface area contributed by atoms with Crippen LogP contribution in [0.3, 0.4) is 0 Å². The Morgan fingerprint density at radius 1 is 0.828 bits per heavy atom. The molecule has 29 heavy (non-hydrogen) atoms. The molecule has 1 aliphatic carbocycles. The van der Waals surface area contributed by atoms with E-state index in [4.69, 9.17) is 9.47 Å². The van der Waals surface area contributed by atoms with Gasteiger partial charge in [-0.2, -0.15) is 5.10 Å². The largest absolute Gasteiger partial charge is 0.497 e. The topological polar surface area (TPSA) is 89.0 Å². The fraction of sp³-hybridized carbons (Fsp3) is 0.591. The van der Waals surface area contributed by atoms with Crippen molar-refractivity contribution >= 4 is 23.2 Å². The van der Waals surface area contributed by atoms with Crippen molar-refractivity contribution in [2.24, 2.45) is 5.10 Å². The predicted octanol–water partition coefficient (Wildman–Crippen LogP) is 4.42. The summed E-state index contributed by atoms with van der Waals surface area (Å²) in [5.41, 5.74) is 3.75. The van der Waals surface area contributed by atoms with Crippen LogP contribution in [-0.4, -0.2) is 31.7 Å². The van der Waals surface area contributed by atoms with E-state index >= 15 is 0 Å². The Morgan fingerprint density at radius 2 is 1.41 bits per heavy atom. The first-order valence-corrected chi connectivity index (χ1v) is 10.5. The standard InChI is InChI=1S/C22H33N3O4/c1-28-18-14-15-20(29-2)19(16-18)23-21(26)22(27)25-24-17-12-10-8-6-4-3-5-7-9-11-13-17/h14-16H,3-13H2,1-2H3,(H,23,26)(H,25,27). The van der Waals surface area contributed by atoms with Crippen molar-refractivity contribution < 1.29 is 19.1 Å². The van der Waals surface area contributed by atoms with E-state index in [1.165, 1.54) is 59.2 Å². The molecular weight excluding hydrogens is 370 g/mol. The van der Waals surface area contributed by atoms with E-state index in [0.29, 0.717) is 17.2 Å². The SMILES string of the molecule is COc1ccc(OC)c(NC(=O)C(=O)NN=C2CCCCCCCCCCC2)c1. The van der Waals surface area contributed by atoms with E-state index in [0.717, 1.165) is 31.4 Å². The average molecular weight is 404 g/mol. The molecule has 2 rings (SSSR count). The van der Waals surface area contributed by atoms with Crippen LogP contribution >= 0.6 is 0 Å². The Labute approximate surface area is 173 Å². The number of anilines is 1. The van der Waals surface area contributed by atoms with Gasteiger partial charge in [0.05, 0.1) is 19.9 Å². The second-order valence-corrected chi connectivity index (χ2v) is 7.32. The second kappa shape index (κ2) is 12.8. The Morgan fingerprint density at radius 3 is 1.97 bits per heavy atom. The Kier molecular flexibility index (Phi) is 10.0. The molecule has 0 saturated heterocycles. The van der Waals surface area contributed by atoms with E-state index in [2.05, 4.69) is 15.8 Å². The number of methoxy groups -OCH3 is 2. The lowest BCUT2D eigenvalue weighted by atomic mass is 10.00. The molecule has 0 atom stereocenters. The van der Waals surface area contributed by atoms with Gasteiger partial charge in [0.2, 0.25) is 0 Å². The van der Waals surface area contributed by atoms with Crippen LogP contribution in [0.4, 0.5) is 5.69 Å². The van der Waals surface area contributed by atoms with Crippen molar-refractivity contribution in [1.82, 2.24) is 5.43 Å². The molecular formula is C22H33N3O4. The molecule has 7 heteroatoms. The minimum absolute atomic E-state index is 0.366. The number of ether oxygens (including phenoxy) is 2. The normalized spacial score (nSPS) is 16.0. The summed E-state index contributed by atoms with van der Waals surface area (Å²) in [6.07, 6.45) is 12.7. The van der Waals surface area contributed by atoms with Gasteiger partial charge in [-0.3, -0.25) is 9.59 Å². The Bertz CT molecular complexity index is 689. The maximum atomic E-state index is 12.3. The minimum atomic E-state index is -0.798. The highest BCUT2D eigenvalue weighted by Gasteiger charge is 2.16. The molecule has 7 nitrogen and oxygen atoms in total. The first kappa shape index (κ1) is 22.7. The van der Waals surface area contributed by atoms with Gasteiger partial charge >= 0.3 is 11.8 Å². The number of hydrazone groups is 1. The molecule has 0 bridgehead atoms.